The third-order valence-electron chi connectivity index (χ3n) is 2.95. The molecule has 1 fully saturated rings. The standard InChI is InChI=1S/C12H12BrClN2/c13-10-6-9(14)4-5-12(10)16-11-3-1-2-8(11)7-15/h4-6,8,11,16H,1-3H2. The molecule has 1 aliphatic rings. The highest BCUT2D eigenvalue weighted by molar-refractivity contribution is 9.10. The van der Waals surface area contributed by atoms with E-state index in [0.717, 1.165) is 29.4 Å². The van der Waals surface area contributed by atoms with E-state index in [0.29, 0.717) is 5.02 Å². The lowest BCUT2D eigenvalue weighted by Crippen LogP contribution is -2.22. The zero-order valence-electron chi connectivity index (χ0n) is 8.71. The Morgan fingerprint density at radius 1 is 1.44 bits per heavy atom. The Bertz CT molecular complexity index is 428. The molecular formula is C12H12BrClN2. The van der Waals surface area contributed by atoms with Gasteiger partial charge in [0.05, 0.1) is 12.0 Å². The minimum atomic E-state index is 0.127. The summed E-state index contributed by atoms with van der Waals surface area (Å²) in [5.41, 5.74) is 1.01. The van der Waals surface area contributed by atoms with Gasteiger partial charge in [-0.1, -0.05) is 11.6 Å². The van der Waals surface area contributed by atoms with E-state index < -0.39 is 0 Å². The van der Waals surface area contributed by atoms with Gasteiger partial charge >= 0.3 is 0 Å². The van der Waals surface area contributed by atoms with Crippen molar-refractivity contribution in [2.75, 3.05) is 5.32 Å². The third kappa shape index (κ3) is 2.50. The molecule has 1 aromatic rings. The van der Waals surface area contributed by atoms with Crippen molar-refractivity contribution in [3.05, 3.63) is 27.7 Å². The lowest BCUT2D eigenvalue weighted by Gasteiger charge is -2.18. The monoisotopic (exact) mass is 298 g/mol. The Labute approximate surface area is 109 Å². The number of halogens is 2. The van der Waals surface area contributed by atoms with Gasteiger partial charge in [-0.15, -0.1) is 0 Å². The van der Waals surface area contributed by atoms with Crippen LogP contribution in [0, 0.1) is 17.2 Å². The lowest BCUT2D eigenvalue weighted by atomic mass is 10.1. The summed E-state index contributed by atoms with van der Waals surface area (Å²) in [5.74, 6) is 0.127. The van der Waals surface area contributed by atoms with Crippen LogP contribution in [0.3, 0.4) is 0 Å². The molecule has 4 heteroatoms. The molecule has 0 amide bonds. The molecule has 0 radical (unpaired) electrons. The summed E-state index contributed by atoms with van der Waals surface area (Å²) in [6.07, 6.45) is 3.19. The van der Waals surface area contributed by atoms with E-state index in [1.54, 1.807) is 0 Å². The van der Waals surface area contributed by atoms with Gasteiger partial charge in [-0.05, 0) is 53.4 Å². The summed E-state index contributed by atoms with van der Waals surface area (Å²) in [7, 11) is 0. The summed E-state index contributed by atoms with van der Waals surface area (Å²) in [6, 6.07) is 8.28. The fourth-order valence-electron chi connectivity index (χ4n) is 2.09. The minimum absolute atomic E-state index is 0.127. The second-order valence-electron chi connectivity index (χ2n) is 4.04. The number of nitriles is 1. The molecular weight excluding hydrogens is 288 g/mol. The number of hydrogen-bond acceptors (Lipinski definition) is 2. The van der Waals surface area contributed by atoms with E-state index in [1.807, 2.05) is 18.2 Å². The van der Waals surface area contributed by atoms with Gasteiger partial charge in [-0.3, -0.25) is 0 Å². The number of anilines is 1. The average molecular weight is 300 g/mol. The maximum absolute atomic E-state index is 9.01. The van der Waals surface area contributed by atoms with Crippen molar-refractivity contribution in [1.29, 1.82) is 5.26 Å². The predicted molar refractivity (Wildman–Crippen MR) is 69.5 cm³/mol. The fraction of sp³-hybridized carbons (Fsp3) is 0.417. The Hall–Kier alpha value is -0.720. The van der Waals surface area contributed by atoms with Crippen LogP contribution in [0.1, 0.15) is 19.3 Å². The van der Waals surface area contributed by atoms with Gasteiger partial charge in [0.2, 0.25) is 0 Å². The van der Waals surface area contributed by atoms with E-state index in [-0.39, 0.29) is 12.0 Å². The first-order valence-corrected chi connectivity index (χ1v) is 6.49. The zero-order chi connectivity index (χ0) is 11.5. The highest BCUT2D eigenvalue weighted by atomic mass is 79.9. The van der Waals surface area contributed by atoms with Crippen LogP contribution in [0.15, 0.2) is 22.7 Å². The highest BCUT2D eigenvalue weighted by Gasteiger charge is 2.27. The van der Waals surface area contributed by atoms with Gasteiger partial charge in [-0.25, -0.2) is 0 Å². The number of nitrogens with zero attached hydrogens (tertiary/aromatic N) is 1. The molecule has 1 aliphatic carbocycles. The summed E-state index contributed by atoms with van der Waals surface area (Å²) < 4.78 is 0.948. The van der Waals surface area contributed by atoms with Crippen LogP contribution in [-0.4, -0.2) is 6.04 Å². The molecule has 0 saturated heterocycles. The maximum Gasteiger partial charge on any atom is 0.0677 e. The Morgan fingerprint density at radius 2 is 2.25 bits per heavy atom. The number of benzene rings is 1. The van der Waals surface area contributed by atoms with Crippen molar-refractivity contribution in [3.63, 3.8) is 0 Å². The van der Waals surface area contributed by atoms with Crippen molar-refractivity contribution in [2.45, 2.75) is 25.3 Å². The smallest absolute Gasteiger partial charge is 0.0677 e. The van der Waals surface area contributed by atoms with Gasteiger partial charge in [0.15, 0.2) is 0 Å². The first-order chi connectivity index (χ1) is 7.70. The molecule has 2 unspecified atom stereocenters. The third-order valence-corrected chi connectivity index (χ3v) is 3.84. The minimum Gasteiger partial charge on any atom is -0.380 e. The second kappa shape index (κ2) is 5.07. The predicted octanol–water partition coefficient (Wildman–Crippen LogP) is 4.21. The number of rotatable bonds is 2. The maximum atomic E-state index is 9.01. The Balaban J connectivity index is 2.12. The molecule has 1 saturated carbocycles. The molecule has 0 aliphatic heterocycles. The van der Waals surface area contributed by atoms with Gasteiger partial charge in [0.25, 0.3) is 0 Å². The first-order valence-electron chi connectivity index (χ1n) is 5.32. The molecule has 2 atom stereocenters. The van der Waals surface area contributed by atoms with E-state index in [9.17, 15) is 0 Å². The Kier molecular flexibility index (Phi) is 3.73. The summed E-state index contributed by atoms with van der Waals surface area (Å²) in [6.45, 7) is 0. The molecule has 84 valence electrons. The van der Waals surface area contributed by atoms with Gasteiger partial charge < -0.3 is 5.32 Å². The summed E-state index contributed by atoms with van der Waals surface area (Å²) in [5, 5.41) is 13.1. The molecule has 1 aromatic carbocycles. The van der Waals surface area contributed by atoms with Crippen LogP contribution in [-0.2, 0) is 0 Å². The van der Waals surface area contributed by atoms with Crippen LogP contribution < -0.4 is 5.32 Å². The largest absolute Gasteiger partial charge is 0.380 e. The van der Waals surface area contributed by atoms with E-state index in [2.05, 4.69) is 27.3 Å². The van der Waals surface area contributed by atoms with Gasteiger partial charge in [0.1, 0.15) is 0 Å². The van der Waals surface area contributed by atoms with E-state index in [1.165, 1.54) is 0 Å². The van der Waals surface area contributed by atoms with Crippen LogP contribution in [0.5, 0.6) is 0 Å². The van der Waals surface area contributed by atoms with Crippen molar-refractivity contribution in [3.8, 4) is 6.07 Å². The van der Waals surface area contributed by atoms with Crippen LogP contribution in [0.25, 0.3) is 0 Å². The highest BCUT2D eigenvalue weighted by Crippen LogP contribution is 2.32. The quantitative estimate of drug-likeness (QED) is 0.888. The van der Waals surface area contributed by atoms with E-state index in [4.69, 9.17) is 16.9 Å². The molecule has 0 spiro atoms. The topological polar surface area (TPSA) is 35.8 Å². The summed E-state index contributed by atoms with van der Waals surface area (Å²) >= 11 is 9.35. The van der Waals surface area contributed by atoms with Crippen LogP contribution >= 0.6 is 27.5 Å². The normalized spacial score (nSPS) is 24.1. The van der Waals surface area contributed by atoms with Crippen molar-refractivity contribution < 1.29 is 0 Å². The number of nitrogens with one attached hydrogen (secondary N) is 1. The SMILES string of the molecule is N#CC1CCCC1Nc1ccc(Cl)cc1Br. The second-order valence-corrected chi connectivity index (χ2v) is 5.33. The van der Waals surface area contributed by atoms with Crippen molar-refractivity contribution >= 4 is 33.2 Å². The van der Waals surface area contributed by atoms with Gasteiger partial charge in [-0.2, -0.15) is 5.26 Å². The first kappa shape index (κ1) is 11.8. The molecule has 2 rings (SSSR count). The molecule has 0 bridgehead atoms. The van der Waals surface area contributed by atoms with Crippen molar-refractivity contribution in [1.82, 2.24) is 0 Å². The number of hydrogen-bond donors (Lipinski definition) is 1. The molecule has 0 aromatic heterocycles. The molecule has 0 heterocycles. The van der Waals surface area contributed by atoms with Crippen LogP contribution in [0.4, 0.5) is 5.69 Å². The average Bonchev–Trinajstić information content (AvgIpc) is 2.69. The fourth-order valence-corrected chi connectivity index (χ4v) is 2.89. The van der Waals surface area contributed by atoms with Gasteiger partial charge in [0, 0.05) is 21.2 Å². The Morgan fingerprint density at radius 3 is 2.94 bits per heavy atom. The molecule has 16 heavy (non-hydrogen) atoms. The van der Waals surface area contributed by atoms with Crippen molar-refractivity contribution in [2.24, 2.45) is 5.92 Å². The molecule has 1 N–H and O–H groups in total. The zero-order valence-corrected chi connectivity index (χ0v) is 11.1. The lowest BCUT2D eigenvalue weighted by molar-refractivity contribution is 0.629. The molecule has 2 nitrogen and oxygen atoms in total. The van der Waals surface area contributed by atoms with Crippen LogP contribution in [0.2, 0.25) is 5.02 Å². The summed E-state index contributed by atoms with van der Waals surface area (Å²) in [4.78, 5) is 0. The van der Waals surface area contributed by atoms with E-state index >= 15 is 0 Å².